The molecule has 2 fully saturated rings. The second-order valence-corrected chi connectivity index (χ2v) is 4.06. The number of carbonyl (C=O) groups is 1. The third kappa shape index (κ3) is 1.70. The molecule has 1 amide bonds. The minimum absolute atomic E-state index is 0.247. The Morgan fingerprint density at radius 1 is 1.31 bits per heavy atom. The van der Waals surface area contributed by atoms with Crippen LogP contribution in [0.15, 0.2) is 0 Å². The van der Waals surface area contributed by atoms with Crippen LogP contribution in [0.3, 0.4) is 0 Å². The molecule has 0 aromatic heterocycles. The van der Waals surface area contributed by atoms with Crippen LogP contribution < -0.4 is 0 Å². The van der Waals surface area contributed by atoms with Crippen molar-refractivity contribution >= 4 is 5.91 Å². The molecule has 0 aromatic rings. The maximum Gasteiger partial charge on any atom is 0.226 e. The third-order valence-electron chi connectivity index (χ3n) is 3.17. The van der Waals surface area contributed by atoms with Gasteiger partial charge >= 0.3 is 0 Å². The largest absolute Gasteiger partial charge is 0.381 e. The molecule has 1 atom stereocenters. The summed E-state index contributed by atoms with van der Waals surface area (Å²) in [6, 6.07) is 0.482. The second kappa shape index (κ2) is 3.66. The maximum atomic E-state index is 11.9. The van der Waals surface area contributed by atoms with Gasteiger partial charge in [-0.25, -0.2) is 0 Å². The Hall–Kier alpha value is -0.570. The Balaban J connectivity index is 1.88. The highest BCUT2D eigenvalue weighted by Gasteiger charge is 2.33. The lowest BCUT2D eigenvalue weighted by atomic mass is 9.94. The van der Waals surface area contributed by atoms with Crippen LogP contribution in [-0.4, -0.2) is 36.6 Å². The lowest BCUT2D eigenvalue weighted by Crippen LogP contribution is -2.52. The normalized spacial score (nSPS) is 29.9. The van der Waals surface area contributed by atoms with Crippen molar-refractivity contribution in [1.29, 1.82) is 0 Å². The van der Waals surface area contributed by atoms with Gasteiger partial charge in [-0.05, 0) is 26.2 Å². The standard InChI is InChI=1S/C10H17NO2/c1-8-2-5-11(8)10(12)9-3-6-13-7-4-9/h8-9H,2-7H2,1H3. The van der Waals surface area contributed by atoms with Gasteiger partial charge < -0.3 is 9.64 Å². The average Bonchev–Trinajstić information content (AvgIpc) is 2.17. The van der Waals surface area contributed by atoms with Gasteiger partial charge in [-0.15, -0.1) is 0 Å². The molecule has 2 rings (SSSR count). The van der Waals surface area contributed by atoms with Gasteiger partial charge in [0, 0.05) is 31.7 Å². The number of nitrogens with zero attached hydrogens (tertiary/aromatic N) is 1. The molecule has 3 nitrogen and oxygen atoms in total. The van der Waals surface area contributed by atoms with Crippen LogP contribution in [0.5, 0.6) is 0 Å². The van der Waals surface area contributed by atoms with Gasteiger partial charge in [0.15, 0.2) is 0 Å². The van der Waals surface area contributed by atoms with Crippen molar-refractivity contribution in [3.05, 3.63) is 0 Å². The van der Waals surface area contributed by atoms with E-state index in [9.17, 15) is 4.79 Å². The van der Waals surface area contributed by atoms with E-state index in [4.69, 9.17) is 4.74 Å². The number of hydrogen-bond donors (Lipinski definition) is 0. The molecule has 0 aromatic carbocycles. The van der Waals surface area contributed by atoms with E-state index in [0.717, 1.165) is 32.6 Å². The van der Waals surface area contributed by atoms with E-state index in [1.807, 2.05) is 4.90 Å². The highest BCUT2D eigenvalue weighted by atomic mass is 16.5. The number of likely N-dealkylation sites (tertiary alicyclic amines) is 1. The fourth-order valence-electron chi connectivity index (χ4n) is 2.02. The molecule has 2 heterocycles. The van der Waals surface area contributed by atoms with E-state index in [2.05, 4.69) is 6.92 Å². The molecule has 0 bridgehead atoms. The molecule has 74 valence electrons. The number of ether oxygens (including phenoxy) is 1. The van der Waals surface area contributed by atoms with E-state index in [1.54, 1.807) is 0 Å². The fraction of sp³-hybridized carbons (Fsp3) is 0.900. The highest BCUT2D eigenvalue weighted by Crippen LogP contribution is 2.24. The lowest BCUT2D eigenvalue weighted by molar-refractivity contribution is -0.145. The Labute approximate surface area is 79.0 Å². The van der Waals surface area contributed by atoms with Gasteiger partial charge in [-0.3, -0.25) is 4.79 Å². The van der Waals surface area contributed by atoms with Crippen LogP contribution in [0.25, 0.3) is 0 Å². The summed E-state index contributed by atoms with van der Waals surface area (Å²) in [5.74, 6) is 0.610. The molecular formula is C10H17NO2. The first-order valence-electron chi connectivity index (χ1n) is 5.17. The van der Waals surface area contributed by atoms with Crippen molar-refractivity contribution in [2.75, 3.05) is 19.8 Å². The predicted molar refractivity (Wildman–Crippen MR) is 49.3 cm³/mol. The topological polar surface area (TPSA) is 29.5 Å². The first kappa shape index (κ1) is 9.00. The van der Waals surface area contributed by atoms with E-state index in [1.165, 1.54) is 6.42 Å². The predicted octanol–water partition coefficient (Wildman–Crippen LogP) is 1.03. The lowest BCUT2D eigenvalue weighted by Gasteiger charge is -2.41. The number of carbonyl (C=O) groups excluding carboxylic acids is 1. The van der Waals surface area contributed by atoms with Crippen molar-refractivity contribution in [3.63, 3.8) is 0 Å². The zero-order chi connectivity index (χ0) is 9.26. The molecular weight excluding hydrogens is 166 g/mol. The SMILES string of the molecule is CC1CCN1C(=O)C1CCOCC1. The van der Waals surface area contributed by atoms with Crippen molar-refractivity contribution in [2.45, 2.75) is 32.2 Å². The summed E-state index contributed by atoms with van der Waals surface area (Å²) < 4.78 is 5.24. The molecule has 0 aliphatic carbocycles. The Bertz CT molecular complexity index is 199. The molecule has 1 unspecified atom stereocenters. The van der Waals surface area contributed by atoms with Crippen LogP contribution in [0.2, 0.25) is 0 Å². The van der Waals surface area contributed by atoms with E-state index in [0.29, 0.717) is 11.9 Å². The van der Waals surface area contributed by atoms with E-state index < -0.39 is 0 Å². The van der Waals surface area contributed by atoms with Gasteiger partial charge in [0.2, 0.25) is 5.91 Å². The second-order valence-electron chi connectivity index (χ2n) is 4.06. The van der Waals surface area contributed by atoms with E-state index in [-0.39, 0.29) is 5.92 Å². The van der Waals surface area contributed by atoms with Crippen LogP contribution >= 0.6 is 0 Å². The van der Waals surface area contributed by atoms with Crippen molar-refractivity contribution < 1.29 is 9.53 Å². The molecule has 0 spiro atoms. The van der Waals surface area contributed by atoms with Crippen LogP contribution in [-0.2, 0) is 9.53 Å². The van der Waals surface area contributed by atoms with Crippen molar-refractivity contribution in [2.24, 2.45) is 5.92 Å². The van der Waals surface area contributed by atoms with Crippen LogP contribution in [0, 0.1) is 5.92 Å². The summed E-state index contributed by atoms with van der Waals surface area (Å²) in [6.45, 7) is 4.62. The van der Waals surface area contributed by atoms with Crippen molar-refractivity contribution in [1.82, 2.24) is 4.90 Å². The molecule has 2 saturated heterocycles. The zero-order valence-electron chi connectivity index (χ0n) is 8.16. The van der Waals surface area contributed by atoms with Gasteiger partial charge in [-0.2, -0.15) is 0 Å². The molecule has 2 aliphatic heterocycles. The van der Waals surface area contributed by atoms with Crippen molar-refractivity contribution in [3.8, 4) is 0 Å². The van der Waals surface area contributed by atoms with Crippen LogP contribution in [0.1, 0.15) is 26.2 Å². The quantitative estimate of drug-likeness (QED) is 0.607. The molecule has 2 aliphatic rings. The summed E-state index contributed by atoms with van der Waals surface area (Å²) in [4.78, 5) is 13.9. The third-order valence-corrected chi connectivity index (χ3v) is 3.17. The molecule has 0 N–H and O–H groups in total. The van der Waals surface area contributed by atoms with Gasteiger partial charge in [0.1, 0.15) is 0 Å². The summed E-state index contributed by atoms with van der Waals surface area (Å²) in [6.07, 6.45) is 3.01. The Morgan fingerprint density at radius 3 is 2.46 bits per heavy atom. The van der Waals surface area contributed by atoms with E-state index >= 15 is 0 Å². The Morgan fingerprint density at radius 2 is 2.00 bits per heavy atom. The molecule has 13 heavy (non-hydrogen) atoms. The van der Waals surface area contributed by atoms with Gasteiger partial charge in [-0.1, -0.05) is 0 Å². The monoisotopic (exact) mass is 183 g/mol. The minimum Gasteiger partial charge on any atom is -0.381 e. The zero-order valence-corrected chi connectivity index (χ0v) is 8.16. The number of hydrogen-bond acceptors (Lipinski definition) is 2. The maximum absolute atomic E-state index is 11.9. The smallest absolute Gasteiger partial charge is 0.226 e. The number of rotatable bonds is 1. The number of amides is 1. The summed E-state index contributed by atoms with van der Waals surface area (Å²) in [5, 5.41) is 0. The molecule has 0 radical (unpaired) electrons. The summed E-state index contributed by atoms with van der Waals surface area (Å²) in [5.41, 5.74) is 0. The Kier molecular flexibility index (Phi) is 2.54. The summed E-state index contributed by atoms with van der Waals surface area (Å²) in [7, 11) is 0. The fourth-order valence-corrected chi connectivity index (χ4v) is 2.02. The van der Waals surface area contributed by atoms with Crippen LogP contribution in [0.4, 0.5) is 0 Å². The first-order valence-corrected chi connectivity index (χ1v) is 5.17. The molecule has 0 saturated carbocycles. The highest BCUT2D eigenvalue weighted by molar-refractivity contribution is 5.80. The summed E-state index contributed by atoms with van der Waals surface area (Å²) >= 11 is 0. The van der Waals surface area contributed by atoms with Gasteiger partial charge in [0.05, 0.1) is 0 Å². The average molecular weight is 183 g/mol. The van der Waals surface area contributed by atoms with Gasteiger partial charge in [0.25, 0.3) is 0 Å². The molecule has 3 heteroatoms. The first-order chi connectivity index (χ1) is 6.29. The minimum atomic E-state index is 0.247.